The van der Waals surface area contributed by atoms with E-state index in [9.17, 15) is 0 Å². The fourth-order valence-electron chi connectivity index (χ4n) is 9.55. The molecule has 2 aliphatic rings. The number of aromatic nitrogens is 1. The SMILES string of the molecule is CC1(C)c2cccc3c2-c2c1ccc1c4ccccc4n(c21)-c1ccc(N(c2ccc4sc5ccccc5c4c2)c2cccc4ccccc24)cc1-3. The van der Waals surface area contributed by atoms with Crippen molar-refractivity contribution in [3.8, 4) is 27.9 Å². The van der Waals surface area contributed by atoms with Crippen molar-refractivity contribution in [1.82, 2.24) is 4.57 Å². The zero-order chi connectivity index (χ0) is 34.3. The van der Waals surface area contributed by atoms with Gasteiger partial charge in [0.15, 0.2) is 0 Å². The highest BCUT2D eigenvalue weighted by Crippen LogP contribution is 2.58. The van der Waals surface area contributed by atoms with Crippen molar-refractivity contribution in [2.75, 3.05) is 4.90 Å². The van der Waals surface area contributed by atoms with Gasteiger partial charge in [-0.25, -0.2) is 0 Å². The van der Waals surface area contributed by atoms with E-state index in [1.165, 1.54) is 97.5 Å². The van der Waals surface area contributed by atoms with Crippen LogP contribution < -0.4 is 4.90 Å². The van der Waals surface area contributed by atoms with Gasteiger partial charge < -0.3 is 9.47 Å². The lowest BCUT2D eigenvalue weighted by atomic mass is 9.81. The Morgan fingerprint density at radius 2 is 1.21 bits per heavy atom. The number of anilines is 3. The Kier molecular flexibility index (Phi) is 5.49. The first-order valence-electron chi connectivity index (χ1n) is 18.1. The summed E-state index contributed by atoms with van der Waals surface area (Å²) in [5, 5.41) is 7.68. The van der Waals surface area contributed by atoms with Crippen LogP contribution in [0.2, 0.25) is 0 Å². The number of nitrogens with zero attached hydrogens (tertiary/aromatic N) is 2. The van der Waals surface area contributed by atoms with Crippen LogP contribution in [0.4, 0.5) is 17.1 Å². The molecule has 0 amide bonds. The molecule has 0 spiro atoms. The van der Waals surface area contributed by atoms with Gasteiger partial charge in [-0.15, -0.1) is 11.3 Å². The lowest BCUT2D eigenvalue weighted by molar-refractivity contribution is 0.661. The molecule has 1 aliphatic carbocycles. The van der Waals surface area contributed by atoms with Gasteiger partial charge in [-0.1, -0.05) is 117 Å². The monoisotopic (exact) mass is 680 g/mol. The summed E-state index contributed by atoms with van der Waals surface area (Å²) in [5.41, 5.74) is 15.3. The van der Waals surface area contributed by atoms with E-state index in [1.54, 1.807) is 0 Å². The smallest absolute Gasteiger partial charge is 0.0623 e. The van der Waals surface area contributed by atoms with Gasteiger partial charge >= 0.3 is 0 Å². The topological polar surface area (TPSA) is 8.17 Å². The Morgan fingerprint density at radius 1 is 0.500 bits per heavy atom. The van der Waals surface area contributed by atoms with Crippen LogP contribution in [0.3, 0.4) is 0 Å². The van der Waals surface area contributed by atoms with Crippen LogP contribution in [0, 0.1) is 0 Å². The average Bonchev–Trinajstić information content (AvgIpc) is 3.77. The van der Waals surface area contributed by atoms with E-state index in [1.807, 2.05) is 11.3 Å². The number of benzene rings is 8. The van der Waals surface area contributed by atoms with E-state index in [-0.39, 0.29) is 5.41 Å². The highest BCUT2D eigenvalue weighted by atomic mass is 32.1. The summed E-state index contributed by atoms with van der Waals surface area (Å²) >= 11 is 1.87. The molecule has 0 fully saturated rings. The van der Waals surface area contributed by atoms with Gasteiger partial charge in [0.25, 0.3) is 0 Å². The molecule has 3 heterocycles. The molecule has 244 valence electrons. The maximum atomic E-state index is 2.56. The number of hydrogen-bond donors (Lipinski definition) is 0. The third kappa shape index (κ3) is 3.58. The van der Waals surface area contributed by atoms with Crippen molar-refractivity contribution in [3.63, 3.8) is 0 Å². The zero-order valence-corrected chi connectivity index (χ0v) is 29.6. The third-order valence-electron chi connectivity index (χ3n) is 11.9. The van der Waals surface area contributed by atoms with Crippen molar-refractivity contribution in [2.24, 2.45) is 0 Å². The molecule has 0 saturated heterocycles. The first kappa shape index (κ1) is 28.5. The molecule has 12 rings (SSSR count). The molecule has 52 heavy (non-hydrogen) atoms. The fraction of sp³-hybridized carbons (Fsp3) is 0.0612. The number of rotatable bonds is 3. The van der Waals surface area contributed by atoms with E-state index in [2.05, 4.69) is 181 Å². The van der Waals surface area contributed by atoms with Crippen molar-refractivity contribution in [1.29, 1.82) is 0 Å². The van der Waals surface area contributed by atoms with Crippen molar-refractivity contribution in [2.45, 2.75) is 19.3 Å². The minimum Gasteiger partial charge on any atom is -0.310 e. The van der Waals surface area contributed by atoms with Crippen LogP contribution in [-0.4, -0.2) is 4.57 Å². The Bertz CT molecular complexity index is 3170. The Morgan fingerprint density at radius 3 is 2.13 bits per heavy atom. The molecular formula is C49H32N2S. The van der Waals surface area contributed by atoms with E-state index < -0.39 is 0 Å². The molecule has 2 aromatic heterocycles. The van der Waals surface area contributed by atoms with E-state index >= 15 is 0 Å². The van der Waals surface area contributed by atoms with Gasteiger partial charge in [-0.2, -0.15) is 0 Å². The Labute approximate surface area is 305 Å². The zero-order valence-electron chi connectivity index (χ0n) is 28.8. The first-order valence-corrected chi connectivity index (χ1v) is 18.9. The lowest BCUT2D eigenvalue weighted by Crippen LogP contribution is -2.15. The molecule has 2 nitrogen and oxygen atoms in total. The minimum absolute atomic E-state index is 0.0982. The maximum Gasteiger partial charge on any atom is 0.0623 e. The van der Waals surface area contributed by atoms with Crippen LogP contribution in [0.15, 0.2) is 158 Å². The molecule has 0 saturated carbocycles. The van der Waals surface area contributed by atoms with Gasteiger partial charge in [0, 0.05) is 64.2 Å². The predicted molar refractivity (Wildman–Crippen MR) is 222 cm³/mol. The molecule has 0 radical (unpaired) electrons. The second-order valence-corrected chi connectivity index (χ2v) is 16.0. The number of para-hydroxylation sites is 1. The van der Waals surface area contributed by atoms with Crippen molar-refractivity contribution >= 4 is 81.1 Å². The van der Waals surface area contributed by atoms with E-state index in [0.717, 1.165) is 11.4 Å². The summed E-state index contributed by atoms with van der Waals surface area (Å²) in [6.07, 6.45) is 0. The molecule has 0 unspecified atom stereocenters. The van der Waals surface area contributed by atoms with Crippen molar-refractivity contribution < 1.29 is 0 Å². The number of hydrogen-bond acceptors (Lipinski definition) is 2. The molecule has 0 atom stereocenters. The number of fused-ring (bicyclic) bond motifs is 10. The van der Waals surface area contributed by atoms with Gasteiger partial charge in [0.1, 0.15) is 0 Å². The quantitative estimate of drug-likeness (QED) is 0.180. The van der Waals surface area contributed by atoms with Crippen molar-refractivity contribution in [3.05, 3.63) is 169 Å². The number of thiophene rings is 1. The molecular weight excluding hydrogens is 649 g/mol. The van der Waals surface area contributed by atoms with Crippen LogP contribution >= 0.6 is 11.3 Å². The third-order valence-corrected chi connectivity index (χ3v) is 13.0. The molecule has 1 aliphatic heterocycles. The summed E-state index contributed by atoms with van der Waals surface area (Å²) in [4.78, 5) is 2.48. The molecule has 0 bridgehead atoms. The second-order valence-electron chi connectivity index (χ2n) is 14.9. The normalized spacial score (nSPS) is 13.7. The Hall–Kier alpha value is -6.16. The Balaban J connectivity index is 1.19. The van der Waals surface area contributed by atoms with Crippen LogP contribution in [0.5, 0.6) is 0 Å². The molecule has 10 aromatic rings. The average molecular weight is 681 g/mol. The summed E-state index contributed by atoms with van der Waals surface area (Å²) in [5.74, 6) is 0. The van der Waals surface area contributed by atoms with Gasteiger partial charge in [0.2, 0.25) is 0 Å². The maximum absolute atomic E-state index is 2.56. The standard InChI is InChI=1S/C49H32N2S/c1-49(2)39-17-10-16-35-37-27-30(21-25-43(37)51-42-18-7-5-14-33(42)36-23-24-40(49)47(46(35)39)48(36)51)50(41-19-9-12-29-11-3-4-13-32(29)41)31-22-26-45-38(28-31)34-15-6-8-20-44(34)52-45/h3-28H,1-2H3. The predicted octanol–water partition coefficient (Wildman–Crippen LogP) is 14.1. The highest BCUT2D eigenvalue weighted by Gasteiger charge is 2.41. The minimum atomic E-state index is -0.0982. The van der Waals surface area contributed by atoms with Gasteiger partial charge in [-0.05, 0) is 82.2 Å². The van der Waals surface area contributed by atoms with Gasteiger partial charge in [0.05, 0.1) is 22.4 Å². The van der Waals surface area contributed by atoms with Crippen LogP contribution in [0.25, 0.3) is 80.7 Å². The summed E-state index contributed by atoms with van der Waals surface area (Å²) < 4.78 is 5.19. The van der Waals surface area contributed by atoms with E-state index in [0.29, 0.717) is 0 Å². The van der Waals surface area contributed by atoms with E-state index in [4.69, 9.17) is 0 Å². The highest BCUT2D eigenvalue weighted by molar-refractivity contribution is 7.25. The molecule has 3 heteroatoms. The summed E-state index contributed by atoms with van der Waals surface area (Å²) in [6, 6.07) is 59.1. The molecule has 8 aromatic carbocycles. The fourth-order valence-corrected chi connectivity index (χ4v) is 10.6. The molecule has 0 N–H and O–H groups in total. The summed E-state index contributed by atoms with van der Waals surface area (Å²) in [7, 11) is 0. The largest absolute Gasteiger partial charge is 0.310 e. The van der Waals surface area contributed by atoms with Crippen LogP contribution in [0.1, 0.15) is 25.0 Å². The van der Waals surface area contributed by atoms with Gasteiger partial charge in [-0.3, -0.25) is 0 Å². The summed E-state index contributed by atoms with van der Waals surface area (Å²) in [6.45, 7) is 4.79. The first-order chi connectivity index (χ1) is 25.6. The second kappa shape index (κ2) is 10.00. The lowest BCUT2D eigenvalue weighted by Gasteiger charge is -2.28. The van der Waals surface area contributed by atoms with Crippen LogP contribution in [-0.2, 0) is 5.41 Å².